The molecule has 0 radical (unpaired) electrons. The summed E-state index contributed by atoms with van der Waals surface area (Å²) in [6.45, 7) is 3.65. The number of benzene rings is 1. The molecule has 0 fully saturated rings. The lowest BCUT2D eigenvalue weighted by molar-refractivity contribution is 0.309. The number of rotatable bonds is 7. The Morgan fingerprint density at radius 3 is 2.78 bits per heavy atom. The molecule has 1 aromatic carbocycles. The molecule has 0 spiro atoms. The summed E-state index contributed by atoms with van der Waals surface area (Å²) in [4.78, 5) is 5.45. The Morgan fingerprint density at radius 2 is 2.11 bits per heavy atom. The fourth-order valence-corrected chi connectivity index (χ4v) is 1.50. The molecule has 1 heterocycles. The van der Waals surface area contributed by atoms with Gasteiger partial charge in [0, 0.05) is 0 Å². The van der Waals surface area contributed by atoms with Crippen LogP contribution in [0.25, 0.3) is 0 Å². The number of ether oxygens (including phenoxy) is 1. The predicted molar refractivity (Wildman–Crippen MR) is 69.9 cm³/mol. The van der Waals surface area contributed by atoms with Crippen molar-refractivity contribution >= 4 is 0 Å². The molecular formula is C13H18N4O. The van der Waals surface area contributed by atoms with Crippen LogP contribution in [0.5, 0.6) is 5.75 Å². The first-order chi connectivity index (χ1) is 8.88. The van der Waals surface area contributed by atoms with E-state index in [-0.39, 0.29) is 0 Å². The van der Waals surface area contributed by atoms with E-state index >= 15 is 0 Å². The molecule has 2 aromatic rings. The summed E-state index contributed by atoms with van der Waals surface area (Å²) < 4.78 is 5.60. The highest BCUT2D eigenvalue weighted by atomic mass is 16.5. The van der Waals surface area contributed by atoms with Crippen molar-refractivity contribution in [2.75, 3.05) is 12.0 Å². The van der Waals surface area contributed by atoms with Gasteiger partial charge in [0.05, 0.1) is 13.2 Å². The van der Waals surface area contributed by atoms with Gasteiger partial charge in [0.25, 0.3) is 0 Å². The zero-order valence-corrected chi connectivity index (χ0v) is 10.5. The average molecular weight is 246 g/mol. The number of hydrogen-bond acceptors (Lipinski definition) is 4. The van der Waals surface area contributed by atoms with Crippen LogP contribution >= 0.6 is 0 Å². The summed E-state index contributed by atoms with van der Waals surface area (Å²) in [6.07, 6.45) is 5.37. The summed E-state index contributed by atoms with van der Waals surface area (Å²) in [5, 5.41) is 3.97. The van der Waals surface area contributed by atoms with Crippen LogP contribution in [0.4, 0.5) is 0 Å². The minimum atomic E-state index is 0.707. The second-order valence-corrected chi connectivity index (χ2v) is 4.02. The lowest BCUT2D eigenvalue weighted by atomic mass is 10.2. The van der Waals surface area contributed by atoms with Gasteiger partial charge in [-0.3, -0.25) is 0 Å². The van der Waals surface area contributed by atoms with Crippen LogP contribution in [0.2, 0.25) is 0 Å². The third-order valence-electron chi connectivity index (χ3n) is 2.55. The zero-order chi connectivity index (χ0) is 12.6. The Kier molecular flexibility index (Phi) is 4.58. The topological polar surface area (TPSA) is 52.0 Å². The Balaban J connectivity index is 1.80. The first-order valence-corrected chi connectivity index (χ1v) is 6.18. The fourth-order valence-electron chi connectivity index (χ4n) is 1.50. The van der Waals surface area contributed by atoms with Gasteiger partial charge in [-0.1, -0.05) is 25.5 Å². The van der Waals surface area contributed by atoms with Crippen LogP contribution < -0.4 is 10.2 Å². The molecule has 2 rings (SSSR count). The zero-order valence-electron chi connectivity index (χ0n) is 10.5. The third kappa shape index (κ3) is 3.76. The van der Waals surface area contributed by atoms with E-state index in [0.29, 0.717) is 6.54 Å². The van der Waals surface area contributed by atoms with E-state index < -0.39 is 0 Å². The maximum absolute atomic E-state index is 5.60. The first-order valence-electron chi connectivity index (χ1n) is 6.18. The van der Waals surface area contributed by atoms with Crippen LogP contribution in [0, 0.1) is 0 Å². The molecule has 5 heteroatoms. The second kappa shape index (κ2) is 6.64. The molecule has 0 amide bonds. The van der Waals surface area contributed by atoms with Crippen molar-refractivity contribution in [1.29, 1.82) is 0 Å². The minimum Gasteiger partial charge on any atom is -0.494 e. The quantitative estimate of drug-likeness (QED) is 0.761. The van der Waals surface area contributed by atoms with Crippen molar-refractivity contribution < 1.29 is 4.74 Å². The van der Waals surface area contributed by atoms with Crippen LogP contribution in [0.1, 0.15) is 25.3 Å². The summed E-state index contributed by atoms with van der Waals surface area (Å²) in [5.74, 6) is 0.924. The fraction of sp³-hybridized carbons (Fsp3) is 0.385. The van der Waals surface area contributed by atoms with Gasteiger partial charge >= 0.3 is 0 Å². The largest absolute Gasteiger partial charge is 0.494 e. The van der Waals surface area contributed by atoms with Gasteiger partial charge in [0.1, 0.15) is 18.4 Å². The lowest BCUT2D eigenvalue weighted by Crippen LogP contribution is -2.14. The smallest absolute Gasteiger partial charge is 0.139 e. The monoisotopic (exact) mass is 246 g/mol. The van der Waals surface area contributed by atoms with Crippen LogP contribution in [0.3, 0.4) is 0 Å². The standard InChI is InChI=1S/C13H18N4O/c1-2-3-8-18-13-6-4-12(5-7-13)9-15-17-11-14-10-16-17/h4-7,10-11,15H,2-3,8-9H2,1H3. The van der Waals surface area contributed by atoms with E-state index in [1.54, 1.807) is 11.1 Å². The number of hydrogen-bond donors (Lipinski definition) is 1. The third-order valence-corrected chi connectivity index (χ3v) is 2.55. The Bertz CT molecular complexity index is 439. The maximum atomic E-state index is 5.60. The van der Waals surface area contributed by atoms with Gasteiger partial charge in [-0.25, -0.2) is 4.98 Å². The molecule has 0 saturated carbocycles. The normalized spacial score (nSPS) is 10.3. The average Bonchev–Trinajstić information content (AvgIpc) is 2.91. The van der Waals surface area contributed by atoms with Crippen LogP contribution in [0.15, 0.2) is 36.9 Å². The maximum Gasteiger partial charge on any atom is 0.139 e. The van der Waals surface area contributed by atoms with Crippen molar-refractivity contribution in [2.24, 2.45) is 0 Å². The second-order valence-electron chi connectivity index (χ2n) is 4.02. The van der Waals surface area contributed by atoms with Gasteiger partial charge in [-0.2, -0.15) is 4.79 Å². The molecule has 5 nitrogen and oxygen atoms in total. The molecule has 96 valence electrons. The van der Waals surface area contributed by atoms with E-state index in [0.717, 1.165) is 25.2 Å². The Labute approximate surface area is 107 Å². The molecule has 0 aliphatic rings. The van der Waals surface area contributed by atoms with Gasteiger partial charge < -0.3 is 10.2 Å². The van der Waals surface area contributed by atoms with E-state index in [9.17, 15) is 0 Å². The highest BCUT2D eigenvalue weighted by Crippen LogP contribution is 2.12. The molecule has 0 aliphatic carbocycles. The van der Waals surface area contributed by atoms with Gasteiger partial charge in [0.2, 0.25) is 0 Å². The predicted octanol–water partition coefficient (Wildman–Crippen LogP) is 2.20. The molecule has 18 heavy (non-hydrogen) atoms. The molecule has 0 unspecified atom stereocenters. The van der Waals surface area contributed by atoms with Crippen molar-refractivity contribution in [3.05, 3.63) is 42.5 Å². The molecule has 1 aromatic heterocycles. The molecule has 1 N–H and O–H groups in total. The number of nitrogens with one attached hydrogen (secondary N) is 1. The lowest BCUT2D eigenvalue weighted by Gasteiger charge is -2.08. The Hall–Kier alpha value is -2.04. The molecule has 0 bridgehead atoms. The SMILES string of the molecule is CCCCOc1ccc(CNn2cncn2)cc1. The van der Waals surface area contributed by atoms with E-state index in [4.69, 9.17) is 4.74 Å². The Morgan fingerprint density at radius 1 is 1.28 bits per heavy atom. The van der Waals surface area contributed by atoms with E-state index in [1.807, 2.05) is 24.3 Å². The van der Waals surface area contributed by atoms with E-state index in [2.05, 4.69) is 22.4 Å². The summed E-state index contributed by atoms with van der Waals surface area (Å²) in [5.41, 5.74) is 4.29. The molecular weight excluding hydrogens is 228 g/mol. The summed E-state index contributed by atoms with van der Waals surface area (Å²) >= 11 is 0. The summed E-state index contributed by atoms with van der Waals surface area (Å²) in [6, 6.07) is 8.08. The van der Waals surface area contributed by atoms with Crippen molar-refractivity contribution in [1.82, 2.24) is 14.9 Å². The molecule has 0 aliphatic heterocycles. The number of aromatic nitrogens is 3. The van der Waals surface area contributed by atoms with Crippen molar-refractivity contribution in [3.63, 3.8) is 0 Å². The highest BCUT2D eigenvalue weighted by Gasteiger charge is 1.96. The van der Waals surface area contributed by atoms with Crippen molar-refractivity contribution in [2.45, 2.75) is 26.3 Å². The van der Waals surface area contributed by atoms with Gasteiger partial charge in [-0.15, -0.1) is 5.10 Å². The number of unbranched alkanes of at least 4 members (excludes halogenated alkanes) is 1. The molecule has 0 atom stereocenters. The van der Waals surface area contributed by atoms with E-state index in [1.165, 1.54) is 11.9 Å². The first kappa shape index (κ1) is 12.4. The van der Waals surface area contributed by atoms with Crippen LogP contribution in [-0.4, -0.2) is 21.5 Å². The molecule has 0 saturated heterocycles. The number of nitrogens with zero attached hydrogens (tertiary/aromatic N) is 3. The summed E-state index contributed by atoms with van der Waals surface area (Å²) in [7, 11) is 0. The van der Waals surface area contributed by atoms with Crippen molar-refractivity contribution in [3.8, 4) is 5.75 Å². The van der Waals surface area contributed by atoms with Gasteiger partial charge in [0.15, 0.2) is 0 Å². The highest BCUT2D eigenvalue weighted by molar-refractivity contribution is 5.27. The van der Waals surface area contributed by atoms with Crippen LogP contribution in [-0.2, 0) is 6.54 Å². The van der Waals surface area contributed by atoms with Gasteiger partial charge in [-0.05, 0) is 24.1 Å². The minimum absolute atomic E-state index is 0.707.